The standard InChI is InChI=1S/C11H16N4O3/c1-7(2)9(10(16)18-3)15-11(17)14-8-6-12-4-5-13-8/h4-7,9H,1-3H3,(H2,13,14,15,17). The van der Waals surface area contributed by atoms with Crippen LogP contribution in [0.25, 0.3) is 0 Å². The van der Waals surface area contributed by atoms with E-state index in [4.69, 9.17) is 0 Å². The molecule has 1 heterocycles. The highest BCUT2D eigenvalue weighted by Gasteiger charge is 2.24. The first kappa shape index (κ1) is 13.9. The van der Waals surface area contributed by atoms with Gasteiger partial charge in [-0.1, -0.05) is 13.8 Å². The van der Waals surface area contributed by atoms with Crippen molar-refractivity contribution in [3.05, 3.63) is 18.6 Å². The molecule has 1 aromatic heterocycles. The van der Waals surface area contributed by atoms with Crippen molar-refractivity contribution >= 4 is 17.8 Å². The van der Waals surface area contributed by atoms with Gasteiger partial charge in [-0.2, -0.15) is 0 Å². The Morgan fingerprint density at radius 1 is 1.33 bits per heavy atom. The highest BCUT2D eigenvalue weighted by Crippen LogP contribution is 2.04. The topological polar surface area (TPSA) is 93.2 Å². The first-order chi connectivity index (χ1) is 8.54. The van der Waals surface area contributed by atoms with E-state index in [0.717, 1.165) is 0 Å². The van der Waals surface area contributed by atoms with Crippen molar-refractivity contribution < 1.29 is 14.3 Å². The molecular formula is C11H16N4O3. The van der Waals surface area contributed by atoms with Crippen molar-refractivity contribution in [2.24, 2.45) is 5.92 Å². The maximum atomic E-state index is 11.6. The normalized spacial score (nSPS) is 11.8. The van der Waals surface area contributed by atoms with Gasteiger partial charge < -0.3 is 10.1 Å². The maximum Gasteiger partial charge on any atom is 0.328 e. The number of urea groups is 1. The van der Waals surface area contributed by atoms with Crippen LogP contribution < -0.4 is 10.6 Å². The van der Waals surface area contributed by atoms with Gasteiger partial charge in [-0.05, 0) is 5.92 Å². The molecule has 98 valence electrons. The molecule has 0 radical (unpaired) electrons. The molecule has 1 atom stereocenters. The fourth-order valence-corrected chi connectivity index (χ4v) is 1.28. The van der Waals surface area contributed by atoms with Crippen LogP contribution in [0.15, 0.2) is 18.6 Å². The summed E-state index contributed by atoms with van der Waals surface area (Å²) in [6.07, 6.45) is 4.35. The fourth-order valence-electron chi connectivity index (χ4n) is 1.28. The summed E-state index contributed by atoms with van der Waals surface area (Å²) in [4.78, 5) is 30.8. The van der Waals surface area contributed by atoms with Crippen LogP contribution in [0.1, 0.15) is 13.8 Å². The van der Waals surface area contributed by atoms with Crippen LogP contribution in [0, 0.1) is 5.92 Å². The number of hydrogen-bond donors (Lipinski definition) is 2. The Balaban J connectivity index is 2.60. The molecule has 0 aliphatic rings. The number of anilines is 1. The lowest BCUT2D eigenvalue weighted by molar-refractivity contribution is -0.143. The number of carbonyl (C=O) groups excluding carboxylic acids is 2. The van der Waals surface area contributed by atoms with Gasteiger partial charge in [0.2, 0.25) is 0 Å². The second-order valence-corrected chi connectivity index (χ2v) is 3.93. The van der Waals surface area contributed by atoms with Crippen molar-refractivity contribution in [2.75, 3.05) is 12.4 Å². The van der Waals surface area contributed by atoms with Crippen LogP contribution >= 0.6 is 0 Å². The highest BCUT2D eigenvalue weighted by molar-refractivity contribution is 5.91. The zero-order chi connectivity index (χ0) is 13.5. The van der Waals surface area contributed by atoms with Crippen molar-refractivity contribution in [1.29, 1.82) is 0 Å². The van der Waals surface area contributed by atoms with Gasteiger partial charge in [0.25, 0.3) is 0 Å². The van der Waals surface area contributed by atoms with Crippen LogP contribution in [0.4, 0.5) is 10.6 Å². The first-order valence-corrected chi connectivity index (χ1v) is 5.46. The Kier molecular flexibility index (Phi) is 5.04. The Bertz CT molecular complexity index is 408. The molecule has 0 fully saturated rings. The summed E-state index contributed by atoms with van der Waals surface area (Å²) in [6, 6.07) is -1.23. The summed E-state index contributed by atoms with van der Waals surface area (Å²) in [5.41, 5.74) is 0. The van der Waals surface area contributed by atoms with E-state index in [1.54, 1.807) is 0 Å². The van der Waals surface area contributed by atoms with Gasteiger partial charge in [0.15, 0.2) is 5.82 Å². The average molecular weight is 252 g/mol. The molecule has 0 aromatic carbocycles. The quantitative estimate of drug-likeness (QED) is 0.773. The predicted molar refractivity (Wildman–Crippen MR) is 64.8 cm³/mol. The molecule has 0 aliphatic carbocycles. The molecule has 0 saturated heterocycles. The number of nitrogens with zero attached hydrogens (tertiary/aromatic N) is 2. The number of amides is 2. The molecule has 0 spiro atoms. The minimum absolute atomic E-state index is 0.0787. The number of carbonyl (C=O) groups is 2. The van der Waals surface area contributed by atoms with E-state index in [0.29, 0.717) is 5.82 Å². The minimum atomic E-state index is -0.702. The molecule has 0 aliphatic heterocycles. The van der Waals surface area contributed by atoms with Crippen molar-refractivity contribution in [3.8, 4) is 0 Å². The maximum absolute atomic E-state index is 11.6. The van der Waals surface area contributed by atoms with E-state index in [9.17, 15) is 9.59 Å². The number of ether oxygens (including phenoxy) is 1. The summed E-state index contributed by atoms with van der Waals surface area (Å²) in [5, 5.41) is 5.00. The molecule has 2 amide bonds. The highest BCUT2D eigenvalue weighted by atomic mass is 16.5. The third-order valence-corrected chi connectivity index (χ3v) is 2.21. The number of rotatable bonds is 4. The Morgan fingerprint density at radius 3 is 2.56 bits per heavy atom. The van der Waals surface area contributed by atoms with Crippen LogP contribution in [0.2, 0.25) is 0 Å². The Hall–Kier alpha value is -2.18. The van der Waals surface area contributed by atoms with Crippen LogP contribution in [-0.2, 0) is 9.53 Å². The van der Waals surface area contributed by atoms with Gasteiger partial charge in [0.05, 0.1) is 13.3 Å². The predicted octanol–water partition coefficient (Wildman–Crippen LogP) is 0.796. The van der Waals surface area contributed by atoms with Gasteiger partial charge >= 0.3 is 12.0 Å². The lowest BCUT2D eigenvalue weighted by Crippen LogP contribution is -2.46. The van der Waals surface area contributed by atoms with E-state index in [2.05, 4.69) is 25.3 Å². The van der Waals surface area contributed by atoms with Crippen LogP contribution in [0.3, 0.4) is 0 Å². The smallest absolute Gasteiger partial charge is 0.328 e. The molecule has 0 bridgehead atoms. The summed E-state index contributed by atoms with van der Waals surface area (Å²) >= 11 is 0. The SMILES string of the molecule is COC(=O)C(NC(=O)Nc1cnccn1)C(C)C. The molecular weight excluding hydrogens is 236 g/mol. The van der Waals surface area contributed by atoms with Crippen molar-refractivity contribution in [3.63, 3.8) is 0 Å². The summed E-state index contributed by atoms with van der Waals surface area (Å²) in [7, 11) is 1.28. The van der Waals surface area contributed by atoms with Gasteiger partial charge in [0, 0.05) is 12.4 Å². The number of aromatic nitrogens is 2. The second kappa shape index (κ2) is 6.53. The number of methoxy groups -OCH3 is 1. The largest absolute Gasteiger partial charge is 0.467 e. The van der Waals surface area contributed by atoms with E-state index >= 15 is 0 Å². The molecule has 0 saturated carbocycles. The fraction of sp³-hybridized carbons (Fsp3) is 0.455. The molecule has 1 rings (SSSR count). The average Bonchev–Trinajstić information content (AvgIpc) is 2.36. The van der Waals surface area contributed by atoms with E-state index in [1.807, 2.05) is 13.8 Å². The van der Waals surface area contributed by atoms with Crippen molar-refractivity contribution in [2.45, 2.75) is 19.9 Å². The minimum Gasteiger partial charge on any atom is -0.467 e. The van der Waals surface area contributed by atoms with Gasteiger partial charge in [0.1, 0.15) is 6.04 Å². The van der Waals surface area contributed by atoms with Crippen LogP contribution in [-0.4, -0.2) is 35.1 Å². The summed E-state index contributed by atoms with van der Waals surface area (Å²) in [5.74, 6) is -0.258. The molecule has 1 unspecified atom stereocenters. The third kappa shape index (κ3) is 4.00. The first-order valence-electron chi connectivity index (χ1n) is 5.46. The molecule has 2 N–H and O–H groups in total. The van der Waals surface area contributed by atoms with Crippen LogP contribution in [0.5, 0.6) is 0 Å². The molecule has 18 heavy (non-hydrogen) atoms. The number of nitrogens with one attached hydrogen (secondary N) is 2. The van der Waals surface area contributed by atoms with Gasteiger partial charge in [-0.25, -0.2) is 14.6 Å². The Morgan fingerprint density at radius 2 is 2.06 bits per heavy atom. The number of esters is 1. The Labute approximate surface area is 105 Å². The van der Waals surface area contributed by atoms with E-state index < -0.39 is 18.0 Å². The van der Waals surface area contributed by atoms with Gasteiger partial charge in [-0.3, -0.25) is 10.3 Å². The molecule has 7 heteroatoms. The number of hydrogen-bond acceptors (Lipinski definition) is 5. The molecule has 7 nitrogen and oxygen atoms in total. The molecule has 1 aromatic rings. The zero-order valence-corrected chi connectivity index (χ0v) is 10.5. The summed E-state index contributed by atoms with van der Waals surface area (Å²) in [6.45, 7) is 3.62. The lowest BCUT2D eigenvalue weighted by Gasteiger charge is -2.19. The lowest BCUT2D eigenvalue weighted by atomic mass is 10.1. The monoisotopic (exact) mass is 252 g/mol. The third-order valence-electron chi connectivity index (χ3n) is 2.21. The van der Waals surface area contributed by atoms with E-state index in [-0.39, 0.29) is 5.92 Å². The van der Waals surface area contributed by atoms with Crippen molar-refractivity contribution in [1.82, 2.24) is 15.3 Å². The second-order valence-electron chi connectivity index (χ2n) is 3.93. The van der Waals surface area contributed by atoms with E-state index in [1.165, 1.54) is 25.7 Å². The van der Waals surface area contributed by atoms with Gasteiger partial charge in [-0.15, -0.1) is 0 Å². The zero-order valence-electron chi connectivity index (χ0n) is 10.5. The summed E-state index contributed by atoms with van der Waals surface area (Å²) < 4.78 is 4.62.